The Morgan fingerprint density at radius 3 is 2.55 bits per heavy atom. The van der Waals surface area contributed by atoms with E-state index in [1.54, 1.807) is 6.07 Å². The summed E-state index contributed by atoms with van der Waals surface area (Å²) in [5.74, 6) is 0.702. The van der Waals surface area contributed by atoms with Crippen LogP contribution in [0.5, 0.6) is 0 Å². The highest BCUT2D eigenvalue weighted by molar-refractivity contribution is 6.00. The zero-order valence-electron chi connectivity index (χ0n) is 18.8. The largest absolute Gasteiger partial charge is 0.388 e. The lowest BCUT2D eigenvalue weighted by molar-refractivity contribution is -0.118. The van der Waals surface area contributed by atoms with E-state index in [1.807, 2.05) is 30.3 Å². The number of aromatic nitrogens is 3. The van der Waals surface area contributed by atoms with Crippen molar-refractivity contribution in [1.82, 2.24) is 25.6 Å². The van der Waals surface area contributed by atoms with Crippen molar-refractivity contribution in [3.8, 4) is 11.4 Å². The number of amides is 2. The third-order valence-corrected chi connectivity index (χ3v) is 5.92. The van der Waals surface area contributed by atoms with Crippen LogP contribution in [-0.2, 0) is 4.79 Å². The summed E-state index contributed by atoms with van der Waals surface area (Å²) in [6, 6.07) is 11.3. The summed E-state index contributed by atoms with van der Waals surface area (Å²) in [5, 5.41) is 20.2. The molecule has 9 heteroatoms. The van der Waals surface area contributed by atoms with Gasteiger partial charge >= 0.3 is 0 Å². The molecule has 1 saturated carbocycles. The summed E-state index contributed by atoms with van der Waals surface area (Å²) >= 11 is 0. The molecule has 174 valence electrons. The smallest absolute Gasteiger partial charge is 0.267 e. The van der Waals surface area contributed by atoms with Gasteiger partial charge in [-0.2, -0.15) is 0 Å². The third kappa shape index (κ3) is 5.67. The second kappa shape index (κ2) is 9.99. The number of carbonyl (C=O) groups is 2. The molecule has 0 aliphatic heterocycles. The number of carbonyl (C=O) groups excluding carboxylic acids is 2. The molecule has 1 fully saturated rings. The van der Waals surface area contributed by atoms with Crippen LogP contribution in [0.3, 0.4) is 0 Å². The van der Waals surface area contributed by atoms with E-state index in [0.717, 1.165) is 24.8 Å². The van der Waals surface area contributed by atoms with Crippen molar-refractivity contribution in [2.45, 2.75) is 44.6 Å². The molecule has 9 nitrogen and oxygen atoms in total. The monoisotopic (exact) mass is 450 g/mol. The van der Waals surface area contributed by atoms with Gasteiger partial charge in [0.05, 0.1) is 11.0 Å². The van der Waals surface area contributed by atoms with Crippen LogP contribution in [0.25, 0.3) is 22.4 Å². The standard InChI is InChI=1S/C24H30N6O3/c1-16(31)25-12-13-26-21-18-14-19(23(32)27-15-24(33)10-6-3-7-11-24)28-22(18)30-20(29-21)17-8-4-2-5-9-17/h2,4-5,8-9,14,33H,3,6-7,10-13,15H2,1H3,(H,25,31)(H,27,32)(H2,26,28,29,30). The van der Waals surface area contributed by atoms with Crippen LogP contribution in [0.4, 0.5) is 5.82 Å². The lowest BCUT2D eigenvalue weighted by Crippen LogP contribution is -2.44. The fourth-order valence-electron chi connectivity index (χ4n) is 4.13. The number of nitrogens with zero attached hydrogens (tertiary/aromatic N) is 2. The Morgan fingerprint density at radius 1 is 1.06 bits per heavy atom. The van der Waals surface area contributed by atoms with E-state index >= 15 is 0 Å². The van der Waals surface area contributed by atoms with E-state index in [0.29, 0.717) is 54.3 Å². The number of hydrogen-bond donors (Lipinski definition) is 5. The Bertz CT molecular complexity index is 1120. The Hall–Kier alpha value is -3.46. The Balaban J connectivity index is 1.57. The molecule has 4 rings (SSSR count). The normalized spacial score (nSPS) is 15.2. The average molecular weight is 451 g/mol. The molecule has 0 spiro atoms. The van der Waals surface area contributed by atoms with E-state index in [2.05, 4.69) is 30.9 Å². The van der Waals surface area contributed by atoms with Gasteiger partial charge in [-0.25, -0.2) is 9.97 Å². The number of H-pyrrole nitrogens is 1. The number of benzene rings is 1. The first-order valence-corrected chi connectivity index (χ1v) is 11.4. The van der Waals surface area contributed by atoms with Crippen LogP contribution in [0, 0.1) is 0 Å². The van der Waals surface area contributed by atoms with Gasteiger partial charge in [0.2, 0.25) is 5.91 Å². The molecule has 5 N–H and O–H groups in total. The number of aromatic amines is 1. The van der Waals surface area contributed by atoms with Gasteiger partial charge in [-0.15, -0.1) is 0 Å². The Labute approximate surface area is 192 Å². The first kappa shape index (κ1) is 22.7. The van der Waals surface area contributed by atoms with Gasteiger partial charge in [0.15, 0.2) is 5.82 Å². The van der Waals surface area contributed by atoms with Crippen molar-refractivity contribution in [1.29, 1.82) is 0 Å². The van der Waals surface area contributed by atoms with E-state index in [9.17, 15) is 14.7 Å². The van der Waals surface area contributed by atoms with Crippen LogP contribution < -0.4 is 16.0 Å². The SMILES string of the molecule is CC(=O)NCCNc1nc(-c2ccccc2)nc2[nH]c(C(=O)NCC3(O)CCCCC3)cc12. The molecule has 3 aromatic rings. The van der Waals surface area contributed by atoms with Crippen molar-refractivity contribution in [3.63, 3.8) is 0 Å². The second-order valence-corrected chi connectivity index (χ2v) is 8.58. The number of hydrogen-bond acceptors (Lipinski definition) is 6. The first-order chi connectivity index (χ1) is 15.9. The molecule has 0 atom stereocenters. The van der Waals surface area contributed by atoms with E-state index in [-0.39, 0.29) is 18.4 Å². The Morgan fingerprint density at radius 2 is 1.82 bits per heavy atom. The topological polar surface area (TPSA) is 132 Å². The maximum absolute atomic E-state index is 12.8. The number of rotatable bonds is 8. The molecule has 0 bridgehead atoms. The second-order valence-electron chi connectivity index (χ2n) is 8.58. The highest BCUT2D eigenvalue weighted by Gasteiger charge is 2.29. The zero-order valence-corrected chi connectivity index (χ0v) is 18.8. The van der Waals surface area contributed by atoms with E-state index in [4.69, 9.17) is 0 Å². The highest BCUT2D eigenvalue weighted by Crippen LogP contribution is 2.28. The van der Waals surface area contributed by atoms with Gasteiger partial charge in [0.25, 0.3) is 5.91 Å². The van der Waals surface area contributed by atoms with E-state index in [1.165, 1.54) is 6.92 Å². The van der Waals surface area contributed by atoms with Crippen LogP contribution in [0.15, 0.2) is 36.4 Å². The highest BCUT2D eigenvalue weighted by atomic mass is 16.3. The molecule has 2 amide bonds. The van der Waals surface area contributed by atoms with Crippen LogP contribution in [0.1, 0.15) is 49.5 Å². The zero-order chi connectivity index (χ0) is 23.3. The van der Waals surface area contributed by atoms with Gasteiger partial charge in [-0.1, -0.05) is 49.6 Å². The molecule has 1 aliphatic rings. The maximum atomic E-state index is 12.8. The number of fused-ring (bicyclic) bond motifs is 1. The predicted octanol–water partition coefficient (Wildman–Crippen LogP) is 2.60. The minimum absolute atomic E-state index is 0.102. The summed E-state index contributed by atoms with van der Waals surface area (Å²) in [7, 11) is 0. The molecular weight excluding hydrogens is 420 g/mol. The molecule has 0 saturated heterocycles. The van der Waals surface area contributed by atoms with Gasteiger partial charge in [0, 0.05) is 32.1 Å². The maximum Gasteiger partial charge on any atom is 0.267 e. The van der Waals surface area contributed by atoms with Crippen LogP contribution in [0.2, 0.25) is 0 Å². The first-order valence-electron chi connectivity index (χ1n) is 11.4. The lowest BCUT2D eigenvalue weighted by Gasteiger charge is -2.32. The molecule has 1 aromatic carbocycles. The average Bonchev–Trinajstić information content (AvgIpc) is 3.26. The summed E-state index contributed by atoms with van der Waals surface area (Å²) in [5.41, 5.74) is 0.905. The fourth-order valence-corrected chi connectivity index (χ4v) is 4.13. The number of anilines is 1. The number of aliphatic hydroxyl groups is 1. The summed E-state index contributed by atoms with van der Waals surface area (Å²) in [6.45, 7) is 2.61. The lowest BCUT2D eigenvalue weighted by atomic mass is 9.85. The van der Waals surface area contributed by atoms with Crippen molar-refractivity contribution < 1.29 is 14.7 Å². The fraction of sp³-hybridized carbons (Fsp3) is 0.417. The van der Waals surface area contributed by atoms with Crippen LogP contribution >= 0.6 is 0 Å². The summed E-state index contributed by atoms with van der Waals surface area (Å²) in [6.07, 6.45) is 4.48. The van der Waals surface area contributed by atoms with Gasteiger partial charge in [-0.3, -0.25) is 9.59 Å². The third-order valence-electron chi connectivity index (χ3n) is 5.92. The molecule has 2 heterocycles. The minimum atomic E-state index is -0.837. The van der Waals surface area contributed by atoms with Crippen molar-refractivity contribution in [2.24, 2.45) is 0 Å². The van der Waals surface area contributed by atoms with Crippen molar-refractivity contribution in [2.75, 3.05) is 25.0 Å². The van der Waals surface area contributed by atoms with Gasteiger partial charge < -0.3 is 26.0 Å². The van der Waals surface area contributed by atoms with Crippen molar-refractivity contribution in [3.05, 3.63) is 42.1 Å². The van der Waals surface area contributed by atoms with Crippen LogP contribution in [-0.4, -0.2) is 57.1 Å². The molecule has 33 heavy (non-hydrogen) atoms. The molecular formula is C24H30N6O3. The summed E-state index contributed by atoms with van der Waals surface area (Å²) in [4.78, 5) is 36.4. The van der Waals surface area contributed by atoms with Crippen molar-refractivity contribution >= 4 is 28.7 Å². The summed E-state index contributed by atoms with van der Waals surface area (Å²) < 4.78 is 0. The number of nitrogens with one attached hydrogen (secondary N) is 4. The quantitative estimate of drug-likeness (QED) is 0.335. The molecule has 0 radical (unpaired) electrons. The predicted molar refractivity (Wildman–Crippen MR) is 127 cm³/mol. The van der Waals surface area contributed by atoms with Gasteiger partial charge in [-0.05, 0) is 18.9 Å². The molecule has 2 aromatic heterocycles. The molecule has 0 unspecified atom stereocenters. The van der Waals surface area contributed by atoms with E-state index < -0.39 is 5.60 Å². The Kier molecular flexibility index (Phi) is 6.88. The minimum Gasteiger partial charge on any atom is -0.388 e. The molecule has 1 aliphatic carbocycles. The van der Waals surface area contributed by atoms with Gasteiger partial charge in [0.1, 0.15) is 17.2 Å².